The molecule has 160 valence electrons. The highest BCUT2D eigenvalue weighted by molar-refractivity contribution is 7.90. The average molecular weight is 437 g/mol. The molecular weight excluding hydrogens is 412 g/mol. The van der Waals surface area contributed by atoms with Gasteiger partial charge in [-0.25, -0.2) is 0 Å². The first-order chi connectivity index (χ1) is 15.1. The summed E-state index contributed by atoms with van der Waals surface area (Å²) < 4.78 is 42.5. The van der Waals surface area contributed by atoms with E-state index in [0.29, 0.717) is 30.3 Å². The molecule has 1 fully saturated rings. The summed E-state index contributed by atoms with van der Waals surface area (Å²) in [4.78, 5) is 0. The molecule has 0 bridgehead atoms. The molecule has 3 aromatic rings. The Morgan fingerprint density at radius 2 is 1.32 bits per heavy atom. The Balaban J connectivity index is 1.47. The van der Waals surface area contributed by atoms with Gasteiger partial charge in [0.15, 0.2) is 11.5 Å². The van der Waals surface area contributed by atoms with Gasteiger partial charge in [-0.15, -0.1) is 0 Å². The number of nitrogens with zero attached hydrogens (tertiary/aromatic N) is 1. The first-order valence-corrected chi connectivity index (χ1v) is 11.9. The summed E-state index contributed by atoms with van der Waals surface area (Å²) in [6.45, 7) is 1.09. The Morgan fingerprint density at radius 1 is 0.742 bits per heavy atom. The first-order valence-electron chi connectivity index (χ1n) is 10.5. The van der Waals surface area contributed by atoms with Crippen LogP contribution in [0.3, 0.4) is 0 Å². The monoisotopic (exact) mass is 436 g/mol. The lowest BCUT2D eigenvalue weighted by molar-refractivity contribution is -0.0458. The third kappa shape index (κ3) is 3.75. The fourth-order valence-corrected chi connectivity index (χ4v) is 5.40. The van der Waals surface area contributed by atoms with E-state index in [4.69, 9.17) is 9.47 Å². The van der Waals surface area contributed by atoms with E-state index >= 15 is 0 Å². The fraction of sp³-hybridized carbons (Fsp3) is 0.250. The molecule has 0 amide bonds. The third-order valence-corrected chi connectivity index (χ3v) is 7.20. The van der Waals surface area contributed by atoms with Crippen molar-refractivity contribution in [2.45, 2.75) is 25.0 Å². The maximum atomic E-state index is 12.8. The van der Waals surface area contributed by atoms with E-state index in [9.17, 15) is 8.42 Å². The maximum absolute atomic E-state index is 12.8. The molecular formula is C24H24N2O4S. The molecule has 1 N–H and O–H groups in total. The molecule has 0 aromatic heterocycles. The van der Waals surface area contributed by atoms with Crippen LogP contribution in [0.1, 0.15) is 30.4 Å². The van der Waals surface area contributed by atoms with Gasteiger partial charge in [0.2, 0.25) is 0 Å². The molecule has 0 saturated carbocycles. The Labute approximate surface area is 182 Å². The fourth-order valence-electron chi connectivity index (χ4n) is 4.10. The van der Waals surface area contributed by atoms with E-state index < -0.39 is 16.0 Å². The van der Waals surface area contributed by atoms with Crippen LogP contribution in [0, 0.1) is 0 Å². The predicted octanol–water partition coefficient (Wildman–Crippen LogP) is 4.50. The average Bonchev–Trinajstić information content (AvgIpc) is 3.21. The number of piperidine rings is 1. The minimum Gasteiger partial charge on any atom is -0.440 e. The number of rotatable bonds is 5. The first kappa shape index (κ1) is 19.9. The van der Waals surface area contributed by atoms with Crippen LogP contribution in [0.5, 0.6) is 11.5 Å². The molecule has 0 unspecified atom stereocenters. The smallest absolute Gasteiger partial charge is 0.305 e. The Morgan fingerprint density at radius 3 is 1.94 bits per heavy atom. The van der Waals surface area contributed by atoms with Crippen molar-refractivity contribution in [2.24, 2.45) is 0 Å². The summed E-state index contributed by atoms with van der Waals surface area (Å²) in [7, 11) is -3.60. The normalized spacial score (nSPS) is 17.9. The lowest BCUT2D eigenvalue weighted by atomic mass is 9.97. The zero-order valence-electron chi connectivity index (χ0n) is 17.0. The Bertz CT molecular complexity index is 1120. The van der Waals surface area contributed by atoms with Gasteiger partial charge in [0.25, 0.3) is 0 Å². The quantitative estimate of drug-likeness (QED) is 0.639. The third-order valence-electron chi connectivity index (χ3n) is 5.66. The van der Waals surface area contributed by atoms with Gasteiger partial charge in [0, 0.05) is 30.3 Å². The van der Waals surface area contributed by atoms with Gasteiger partial charge in [-0.3, -0.25) is 4.72 Å². The summed E-state index contributed by atoms with van der Waals surface area (Å²) >= 11 is 0. The van der Waals surface area contributed by atoms with Gasteiger partial charge in [0.05, 0.1) is 5.69 Å². The Hall–Kier alpha value is -3.03. The molecule has 0 spiro atoms. The van der Waals surface area contributed by atoms with Gasteiger partial charge in [-0.2, -0.15) is 12.7 Å². The van der Waals surface area contributed by atoms with Gasteiger partial charge < -0.3 is 9.47 Å². The van der Waals surface area contributed by atoms with Crippen molar-refractivity contribution >= 4 is 15.9 Å². The summed E-state index contributed by atoms with van der Waals surface area (Å²) in [5.74, 6) is -0.0740. The SMILES string of the molecule is O=S(=O)(Nc1ccc2c(c1)OC(c1ccccc1)(c1ccccc1)O2)N1CCCCC1. The van der Waals surface area contributed by atoms with E-state index in [1.54, 1.807) is 18.2 Å². The van der Waals surface area contributed by atoms with Crippen LogP contribution in [0.2, 0.25) is 0 Å². The van der Waals surface area contributed by atoms with Crippen LogP contribution in [0.4, 0.5) is 5.69 Å². The van der Waals surface area contributed by atoms with Crippen molar-refractivity contribution in [3.63, 3.8) is 0 Å². The van der Waals surface area contributed by atoms with E-state index in [1.807, 2.05) is 60.7 Å². The molecule has 6 nitrogen and oxygen atoms in total. The maximum Gasteiger partial charge on any atom is 0.305 e. The van der Waals surface area contributed by atoms with E-state index in [0.717, 1.165) is 30.4 Å². The van der Waals surface area contributed by atoms with Crippen LogP contribution in [0.25, 0.3) is 0 Å². The lowest BCUT2D eigenvalue weighted by Gasteiger charge is -2.28. The molecule has 0 aliphatic carbocycles. The number of benzene rings is 3. The molecule has 1 saturated heterocycles. The zero-order chi connectivity index (χ0) is 21.3. The van der Waals surface area contributed by atoms with E-state index in [2.05, 4.69) is 4.72 Å². The van der Waals surface area contributed by atoms with Crippen LogP contribution in [-0.4, -0.2) is 25.8 Å². The van der Waals surface area contributed by atoms with Gasteiger partial charge >= 0.3 is 16.0 Å². The molecule has 7 heteroatoms. The minimum atomic E-state index is -3.60. The highest BCUT2D eigenvalue weighted by Crippen LogP contribution is 2.48. The van der Waals surface area contributed by atoms with Crippen molar-refractivity contribution < 1.29 is 17.9 Å². The number of anilines is 1. The van der Waals surface area contributed by atoms with Crippen LogP contribution < -0.4 is 14.2 Å². The second-order valence-electron chi connectivity index (χ2n) is 7.78. The van der Waals surface area contributed by atoms with Crippen LogP contribution in [0.15, 0.2) is 78.9 Å². The lowest BCUT2D eigenvalue weighted by Crippen LogP contribution is -2.39. The number of ether oxygens (including phenoxy) is 2. The predicted molar refractivity (Wildman–Crippen MR) is 119 cm³/mol. The molecule has 3 aromatic carbocycles. The second-order valence-corrected chi connectivity index (χ2v) is 9.45. The molecule has 2 aliphatic rings. The molecule has 31 heavy (non-hydrogen) atoms. The summed E-state index contributed by atoms with van der Waals surface area (Å²) in [6.07, 6.45) is 2.84. The summed E-state index contributed by atoms with van der Waals surface area (Å²) in [6, 6.07) is 24.6. The van der Waals surface area contributed by atoms with Crippen LogP contribution in [-0.2, 0) is 16.0 Å². The highest BCUT2D eigenvalue weighted by Gasteiger charge is 2.45. The molecule has 2 aliphatic heterocycles. The van der Waals surface area contributed by atoms with Crippen molar-refractivity contribution in [3.8, 4) is 11.5 Å². The number of hydrogen-bond donors (Lipinski definition) is 1. The molecule has 0 radical (unpaired) electrons. The van der Waals surface area contributed by atoms with Crippen molar-refractivity contribution in [1.82, 2.24) is 4.31 Å². The largest absolute Gasteiger partial charge is 0.440 e. The van der Waals surface area contributed by atoms with Gasteiger partial charge in [-0.05, 0) is 25.0 Å². The summed E-state index contributed by atoms with van der Waals surface area (Å²) in [5.41, 5.74) is 2.16. The highest BCUT2D eigenvalue weighted by atomic mass is 32.2. The van der Waals surface area contributed by atoms with Gasteiger partial charge in [-0.1, -0.05) is 67.1 Å². The topological polar surface area (TPSA) is 67.9 Å². The molecule has 0 atom stereocenters. The second kappa shape index (κ2) is 7.90. The van der Waals surface area contributed by atoms with E-state index in [1.165, 1.54) is 4.31 Å². The summed E-state index contributed by atoms with van der Waals surface area (Å²) in [5, 5.41) is 0. The standard InChI is InChI=1S/C24H24N2O4S/c27-31(28,26-16-8-3-9-17-26)25-21-14-15-22-23(18-21)30-24(29-22,19-10-4-1-5-11-19)20-12-6-2-7-13-20/h1-2,4-7,10-15,18,25H,3,8-9,16-17H2. The van der Waals surface area contributed by atoms with E-state index in [-0.39, 0.29) is 0 Å². The zero-order valence-corrected chi connectivity index (χ0v) is 17.8. The van der Waals surface area contributed by atoms with Gasteiger partial charge in [0.1, 0.15) is 0 Å². The number of fused-ring (bicyclic) bond motifs is 1. The molecule has 2 heterocycles. The van der Waals surface area contributed by atoms with Crippen molar-refractivity contribution in [2.75, 3.05) is 17.8 Å². The van der Waals surface area contributed by atoms with Crippen molar-refractivity contribution in [1.29, 1.82) is 0 Å². The number of nitrogens with one attached hydrogen (secondary N) is 1. The Kier molecular flexibility index (Phi) is 5.08. The van der Waals surface area contributed by atoms with Crippen LogP contribution >= 0.6 is 0 Å². The minimum absolute atomic E-state index is 0.449. The number of hydrogen-bond acceptors (Lipinski definition) is 4. The molecule has 5 rings (SSSR count). The van der Waals surface area contributed by atoms with Crippen molar-refractivity contribution in [3.05, 3.63) is 90.0 Å².